The maximum atomic E-state index is 8.61. The quantitative estimate of drug-likeness (QED) is 0.259. The normalized spacial score (nSPS) is 11.0. The summed E-state index contributed by atoms with van der Waals surface area (Å²) in [6.45, 7) is 1.92. The van der Waals surface area contributed by atoms with E-state index >= 15 is 0 Å². The van der Waals surface area contributed by atoms with Crippen LogP contribution in [0.2, 0.25) is 0 Å². The molecule has 74 valence electrons. The zero-order chi connectivity index (χ0) is 9.23. The van der Waals surface area contributed by atoms with E-state index in [4.69, 9.17) is 15.3 Å². The summed E-state index contributed by atoms with van der Waals surface area (Å²) in [6.07, 6.45) is 0.674. The minimum atomic E-state index is 0.0616. The molecular weight excluding hydrogens is 160 g/mol. The van der Waals surface area contributed by atoms with Crippen LogP contribution in [0.15, 0.2) is 0 Å². The predicted molar refractivity (Wildman–Crippen MR) is 45.5 cm³/mol. The Bertz CT molecular complexity index is 86.7. The van der Waals surface area contributed by atoms with Crippen molar-refractivity contribution in [1.82, 2.24) is 10.4 Å². The van der Waals surface area contributed by atoms with Crippen molar-refractivity contribution in [1.29, 1.82) is 0 Å². The molecule has 0 spiro atoms. The summed E-state index contributed by atoms with van der Waals surface area (Å²) in [6, 6.07) is 0. The molecule has 0 amide bonds. The fraction of sp³-hybridized carbons (Fsp3) is 1.00. The largest absolute Gasteiger partial charge is 0.396 e. The third-order valence-electron chi connectivity index (χ3n) is 1.41. The van der Waals surface area contributed by atoms with Crippen LogP contribution in [-0.4, -0.2) is 59.8 Å². The van der Waals surface area contributed by atoms with Gasteiger partial charge in [0.1, 0.15) is 0 Å². The lowest BCUT2D eigenvalue weighted by molar-refractivity contribution is 0.112. The summed E-state index contributed by atoms with van der Waals surface area (Å²) in [4.78, 5) is 0. The van der Waals surface area contributed by atoms with Crippen LogP contribution in [0.5, 0.6) is 0 Å². The lowest BCUT2D eigenvalue weighted by atomic mass is 10.4. The number of nitrogens with one attached hydrogen (secondary N) is 1. The number of hydrogen-bond acceptors (Lipinski definition) is 5. The molecule has 4 N–H and O–H groups in total. The zero-order valence-corrected chi connectivity index (χ0v) is 7.24. The molecule has 0 unspecified atom stereocenters. The highest BCUT2D eigenvalue weighted by molar-refractivity contribution is 4.50. The van der Waals surface area contributed by atoms with E-state index in [0.717, 1.165) is 0 Å². The van der Waals surface area contributed by atoms with Gasteiger partial charge >= 0.3 is 0 Å². The number of rotatable bonds is 8. The summed E-state index contributed by atoms with van der Waals surface area (Å²) in [5.41, 5.74) is 2.98. The van der Waals surface area contributed by atoms with Gasteiger partial charge in [-0.2, -0.15) is 0 Å². The number of nitrogens with zero attached hydrogens (tertiary/aromatic N) is 1. The first-order valence-corrected chi connectivity index (χ1v) is 4.16. The highest BCUT2D eigenvalue weighted by atomic mass is 16.3. The topological polar surface area (TPSA) is 76.0 Å². The van der Waals surface area contributed by atoms with E-state index in [1.165, 1.54) is 0 Å². The minimum absolute atomic E-state index is 0.0616. The van der Waals surface area contributed by atoms with Crippen molar-refractivity contribution in [2.45, 2.75) is 6.42 Å². The van der Waals surface area contributed by atoms with Gasteiger partial charge in [-0.25, -0.2) is 5.01 Å². The van der Waals surface area contributed by atoms with Gasteiger partial charge in [0.15, 0.2) is 0 Å². The van der Waals surface area contributed by atoms with E-state index < -0.39 is 0 Å². The molecule has 5 heteroatoms. The summed E-state index contributed by atoms with van der Waals surface area (Å²) in [5, 5.41) is 27.4. The third kappa shape index (κ3) is 6.51. The first kappa shape index (κ1) is 11.8. The second kappa shape index (κ2) is 8.89. The van der Waals surface area contributed by atoms with Crippen LogP contribution >= 0.6 is 0 Å². The van der Waals surface area contributed by atoms with Crippen LogP contribution < -0.4 is 5.43 Å². The Morgan fingerprint density at radius 1 is 0.917 bits per heavy atom. The molecule has 0 radical (unpaired) electrons. The lowest BCUT2D eigenvalue weighted by Crippen LogP contribution is -2.42. The van der Waals surface area contributed by atoms with Crippen molar-refractivity contribution in [3.8, 4) is 0 Å². The van der Waals surface area contributed by atoms with Crippen molar-refractivity contribution in [2.75, 3.05) is 39.5 Å². The Morgan fingerprint density at radius 3 is 1.92 bits per heavy atom. The van der Waals surface area contributed by atoms with Gasteiger partial charge in [0.05, 0.1) is 13.2 Å². The van der Waals surface area contributed by atoms with Crippen molar-refractivity contribution < 1.29 is 15.3 Å². The number of hydrogen-bond donors (Lipinski definition) is 4. The van der Waals surface area contributed by atoms with Gasteiger partial charge in [0, 0.05) is 26.2 Å². The first-order chi connectivity index (χ1) is 5.85. The Labute approximate surface area is 72.6 Å². The standard InChI is InChI=1S/C7H18N2O3/c10-5-1-2-8-9(3-6-11)4-7-12/h8,10-12H,1-7H2. The van der Waals surface area contributed by atoms with Gasteiger partial charge < -0.3 is 15.3 Å². The second-order valence-corrected chi connectivity index (χ2v) is 2.42. The molecule has 0 aromatic heterocycles. The highest BCUT2D eigenvalue weighted by Gasteiger charge is 2.00. The molecule has 0 bridgehead atoms. The van der Waals surface area contributed by atoms with E-state index in [2.05, 4.69) is 5.43 Å². The van der Waals surface area contributed by atoms with Crippen LogP contribution in [0.4, 0.5) is 0 Å². The number of hydrazine groups is 1. The van der Waals surface area contributed by atoms with Gasteiger partial charge in [-0.15, -0.1) is 0 Å². The summed E-state index contributed by atoms with van der Waals surface area (Å²) >= 11 is 0. The van der Waals surface area contributed by atoms with Gasteiger partial charge in [0.2, 0.25) is 0 Å². The fourth-order valence-corrected chi connectivity index (χ4v) is 0.828. The molecule has 0 fully saturated rings. The van der Waals surface area contributed by atoms with E-state index in [9.17, 15) is 0 Å². The minimum Gasteiger partial charge on any atom is -0.396 e. The molecule has 0 heterocycles. The van der Waals surface area contributed by atoms with E-state index in [-0.39, 0.29) is 19.8 Å². The Balaban J connectivity index is 3.34. The molecule has 12 heavy (non-hydrogen) atoms. The fourth-order valence-electron chi connectivity index (χ4n) is 0.828. The van der Waals surface area contributed by atoms with Crippen LogP contribution in [0.1, 0.15) is 6.42 Å². The van der Waals surface area contributed by atoms with Gasteiger partial charge in [-0.1, -0.05) is 0 Å². The third-order valence-corrected chi connectivity index (χ3v) is 1.41. The molecular formula is C7H18N2O3. The molecule has 0 aliphatic rings. The maximum Gasteiger partial charge on any atom is 0.0572 e. The number of aliphatic hydroxyl groups excluding tert-OH is 3. The maximum absolute atomic E-state index is 8.61. The van der Waals surface area contributed by atoms with Crippen molar-refractivity contribution in [3.63, 3.8) is 0 Å². The Morgan fingerprint density at radius 2 is 1.50 bits per heavy atom. The van der Waals surface area contributed by atoms with Crippen molar-refractivity contribution in [2.24, 2.45) is 0 Å². The Kier molecular flexibility index (Phi) is 8.74. The molecule has 0 saturated heterocycles. The zero-order valence-electron chi connectivity index (χ0n) is 7.24. The second-order valence-electron chi connectivity index (χ2n) is 2.42. The molecule has 0 atom stereocenters. The van der Waals surface area contributed by atoms with Crippen molar-refractivity contribution >= 4 is 0 Å². The van der Waals surface area contributed by atoms with E-state index in [1.807, 2.05) is 0 Å². The van der Waals surface area contributed by atoms with Crippen molar-refractivity contribution in [3.05, 3.63) is 0 Å². The average Bonchev–Trinajstić information content (AvgIpc) is 2.06. The molecule has 0 aliphatic carbocycles. The van der Waals surface area contributed by atoms with E-state index in [1.54, 1.807) is 5.01 Å². The molecule has 0 aromatic rings. The molecule has 0 aliphatic heterocycles. The summed E-state index contributed by atoms with van der Waals surface area (Å²) in [7, 11) is 0. The summed E-state index contributed by atoms with van der Waals surface area (Å²) in [5.74, 6) is 0. The van der Waals surface area contributed by atoms with Crippen LogP contribution in [-0.2, 0) is 0 Å². The smallest absolute Gasteiger partial charge is 0.0572 e. The summed E-state index contributed by atoms with van der Waals surface area (Å²) < 4.78 is 0. The monoisotopic (exact) mass is 178 g/mol. The van der Waals surface area contributed by atoms with Crippen LogP contribution in [0, 0.1) is 0 Å². The molecule has 0 saturated carbocycles. The molecule has 0 rings (SSSR count). The Hall–Kier alpha value is -0.200. The molecule has 0 aromatic carbocycles. The van der Waals surface area contributed by atoms with Gasteiger partial charge in [0.25, 0.3) is 0 Å². The lowest BCUT2D eigenvalue weighted by Gasteiger charge is -2.20. The van der Waals surface area contributed by atoms with Crippen LogP contribution in [0.3, 0.4) is 0 Å². The molecule has 5 nitrogen and oxygen atoms in total. The SMILES string of the molecule is OCCCNN(CCO)CCO. The van der Waals surface area contributed by atoms with Crippen LogP contribution in [0.25, 0.3) is 0 Å². The number of aliphatic hydroxyl groups is 3. The predicted octanol–water partition coefficient (Wildman–Crippen LogP) is -1.84. The van der Waals surface area contributed by atoms with E-state index in [0.29, 0.717) is 26.1 Å². The van der Waals surface area contributed by atoms with Gasteiger partial charge in [-0.3, -0.25) is 5.43 Å². The van der Waals surface area contributed by atoms with Gasteiger partial charge in [-0.05, 0) is 6.42 Å². The average molecular weight is 178 g/mol. The highest BCUT2D eigenvalue weighted by Crippen LogP contribution is 1.81. The first-order valence-electron chi connectivity index (χ1n) is 4.16.